The fraction of sp³-hybridized carbons (Fsp3) is 0. The van der Waals surface area contributed by atoms with Crippen LogP contribution in [0, 0.1) is 0 Å². The topological polar surface area (TPSA) is 178 Å². The van der Waals surface area contributed by atoms with Gasteiger partial charge in [-0.15, -0.1) is 0 Å². The highest BCUT2D eigenvalue weighted by Gasteiger charge is -0.366. The molecule has 0 spiro atoms. The molecular formula is H18F4N4O. The third kappa shape index (κ3) is 995. The van der Waals surface area contributed by atoms with E-state index in [1.54, 1.807) is 0 Å². The number of hydrogen-bond acceptors (Lipinski definition) is 0. The monoisotopic (exact) mass is 166 g/mol. The van der Waals surface area contributed by atoms with Crippen LogP contribution in [-0.2, 0) is 0 Å². The van der Waals surface area contributed by atoms with Gasteiger partial charge in [0, 0.05) is 0 Å². The molecule has 9 heteroatoms. The van der Waals surface area contributed by atoms with Crippen molar-refractivity contribution in [2.75, 3.05) is 0 Å². The SMILES string of the molecule is O.[F-].[F-].[F-].[F-].[NH4+].[NH4+].[NH4+].[NH4+]. The molecule has 9 heavy (non-hydrogen) atoms. The molecule has 0 aromatic rings. The van der Waals surface area contributed by atoms with Gasteiger partial charge >= 0.3 is 0 Å². The van der Waals surface area contributed by atoms with E-state index in [-0.39, 0.29) is 48.9 Å². The second kappa shape index (κ2) is 1390. The number of hydrogen-bond donors (Lipinski definition) is 4. The molecule has 0 aliphatic heterocycles. The van der Waals surface area contributed by atoms with Crippen molar-refractivity contribution < 1.29 is 24.3 Å². The van der Waals surface area contributed by atoms with Crippen LogP contribution in [0.5, 0.6) is 0 Å². The maximum atomic E-state index is 0. The van der Waals surface area contributed by atoms with E-state index in [4.69, 9.17) is 0 Å². The van der Waals surface area contributed by atoms with Crippen molar-refractivity contribution in [3.8, 4) is 0 Å². The molecule has 0 rings (SSSR count). The van der Waals surface area contributed by atoms with E-state index in [2.05, 4.69) is 0 Å². The third-order valence-electron chi connectivity index (χ3n) is 0. The van der Waals surface area contributed by atoms with Gasteiger partial charge in [-0.05, 0) is 0 Å². The first-order valence-corrected chi connectivity index (χ1v) is 0. The Morgan fingerprint density at radius 3 is 0.333 bits per heavy atom. The van der Waals surface area contributed by atoms with Crippen molar-refractivity contribution in [1.82, 2.24) is 24.6 Å². The second-order valence-electron chi connectivity index (χ2n) is 0. The summed E-state index contributed by atoms with van der Waals surface area (Å²) in [5.41, 5.74) is 0. The molecule has 0 aromatic carbocycles. The lowest BCUT2D eigenvalue weighted by Gasteiger charge is -1.00. The Morgan fingerprint density at radius 1 is 0.333 bits per heavy atom. The fourth-order valence-electron chi connectivity index (χ4n) is 0. The van der Waals surface area contributed by atoms with E-state index in [9.17, 15) is 0 Å². The van der Waals surface area contributed by atoms with Crippen molar-refractivity contribution in [3.05, 3.63) is 0 Å². The van der Waals surface area contributed by atoms with Crippen LogP contribution in [0.3, 0.4) is 0 Å². The van der Waals surface area contributed by atoms with Crippen LogP contribution in [0.1, 0.15) is 0 Å². The molecule has 0 unspecified atom stereocenters. The van der Waals surface area contributed by atoms with Gasteiger partial charge in [0.2, 0.25) is 0 Å². The molecule has 5 nitrogen and oxygen atoms in total. The first-order valence-electron chi connectivity index (χ1n) is 0. The molecule has 0 aliphatic carbocycles. The van der Waals surface area contributed by atoms with Crippen LogP contribution in [0.2, 0.25) is 0 Å². The van der Waals surface area contributed by atoms with Gasteiger partial charge in [0.05, 0.1) is 0 Å². The Bertz CT molecular complexity index is 12.5. The van der Waals surface area contributed by atoms with Gasteiger partial charge in [0.15, 0.2) is 0 Å². The van der Waals surface area contributed by atoms with Gasteiger partial charge in [-0.2, -0.15) is 0 Å². The van der Waals surface area contributed by atoms with E-state index in [1.807, 2.05) is 0 Å². The average Bonchev–Trinajstić information content (AvgIpc) is 0. The van der Waals surface area contributed by atoms with E-state index in [0.29, 0.717) is 0 Å². The highest BCUT2D eigenvalue weighted by atomic mass is 19.0. The molecule has 0 aliphatic rings. The van der Waals surface area contributed by atoms with Gasteiger partial charge in [-0.3, -0.25) is 0 Å². The Labute approximate surface area is 50.3 Å². The predicted molar refractivity (Wildman–Crippen MR) is 27.6 cm³/mol. The van der Waals surface area contributed by atoms with Gasteiger partial charge < -0.3 is 48.9 Å². The van der Waals surface area contributed by atoms with Gasteiger partial charge in [-0.1, -0.05) is 0 Å². The molecule has 0 saturated heterocycles. The van der Waals surface area contributed by atoms with Crippen LogP contribution in [0.25, 0.3) is 0 Å². The molecule has 72 valence electrons. The second-order valence-corrected chi connectivity index (χ2v) is 0. The van der Waals surface area contributed by atoms with Gasteiger partial charge in [-0.25, -0.2) is 0 Å². The Morgan fingerprint density at radius 2 is 0.333 bits per heavy atom. The summed E-state index contributed by atoms with van der Waals surface area (Å²) in [6.45, 7) is 0. The summed E-state index contributed by atoms with van der Waals surface area (Å²) in [7, 11) is 0. The normalized spacial score (nSPS) is 0. The molecule has 0 fully saturated rings. The standard InChI is InChI=1S/4FH.4H3N.H2O/h4*1H;4*1H3;1H2. The van der Waals surface area contributed by atoms with E-state index in [1.165, 1.54) is 0 Å². The van der Waals surface area contributed by atoms with Gasteiger partial charge in [0.25, 0.3) is 0 Å². The minimum absolute atomic E-state index is 0. The molecule has 0 atom stereocenters. The zero-order valence-electron chi connectivity index (χ0n) is 6.01. The molecule has 0 amide bonds. The van der Waals surface area contributed by atoms with Crippen LogP contribution >= 0.6 is 0 Å². The lowest BCUT2D eigenvalue weighted by molar-refractivity contribution is -0.00100. The summed E-state index contributed by atoms with van der Waals surface area (Å²) in [5.74, 6) is 0. The van der Waals surface area contributed by atoms with Gasteiger partial charge in [0.1, 0.15) is 0 Å². The maximum Gasteiger partial charge on any atom is -0.369 e. The molecular weight excluding hydrogens is 148 g/mol. The maximum absolute atomic E-state index is 0. The minimum Gasteiger partial charge on any atom is -1.00 e. The first kappa shape index (κ1) is 2090. The summed E-state index contributed by atoms with van der Waals surface area (Å²) >= 11 is 0. The van der Waals surface area contributed by atoms with Crippen LogP contribution in [0.4, 0.5) is 0 Å². The fourth-order valence-corrected chi connectivity index (χ4v) is 0. The van der Waals surface area contributed by atoms with Crippen LogP contribution in [-0.4, -0.2) is 5.48 Å². The van der Waals surface area contributed by atoms with E-state index >= 15 is 0 Å². The quantitative estimate of drug-likeness (QED) is 0.250. The van der Waals surface area contributed by atoms with Crippen molar-refractivity contribution in [2.45, 2.75) is 0 Å². The number of quaternary nitrogens is 4. The van der Waals surface area contributed by atoms with Crippen molar-refractivity contribution >= 4 is 0 Å². The largest absolute Gasteiger partial charge is 1.00 e. The molecule has 0 saturated carbocycles. The molecule has 0 aromatic heterocycles. The summed E-state index contributed by atoms with van der Waals surface area (Å²) in [6, 6.07) is 0. The number of rotatable bonds is 0. The summed E-state index contributed by atoms with van der Waals surface area (Å²) in [4.78, 5) is 0. The van der Waals surface area contributed by atoms with Crippen molar-refractivity contribution in [1.29, 1.82) is 0 Å². The summed E-state index contributed by atoms with van der Waals surface area (Å²) in [5, 5.41) is 0. The summed E-state index contributed by atoms with van der Waals surface area (Å²) < 4.78 is 0. The zero-order valence-corrected chi connectivity index (χ0v) is 6.01. The lowest BCUT2D eigenvalue weighted by Crippen LogP contribution is -3.00. The van der Waals surface area contributed by atoms with Crippen molar-refractivity contribution in [2.24, 2.45) is 0 Å². The number of halogens is 4. The highest BCUT2D eigenvalue weighted by molar-refractivity contribution is 2.14. The predicted octanol–water partition coefficient (Wildman–Crippen LogP) is -11.3. The first-order chi connectivity index (χ1) is 0. The third-order valence-corrected chi connectivity index (χ3v) is 0. The Hall–Kier alpha value is -0.480. The Kier molecular flexibility index (Phi) is 322000. The van der Waals surface area contributed by atoms with Crippen molar-refractivity contribution in [3.63, 3.8) is 0 Å². The van der Waals surface area contributed by atoms with E-state index < -0.39 is 0 Å². The highest BCUT2D eigenvalue weighted by Crippen LogP contribution is -0.289. The summed E-state index contributed by atoms with van der Waals surface area (Å²) in [6.07, 6.45) is 0. The average molecular weight is 166 g/mol. The lowest BCUT2D eigenvalue weighted by atomic mass is 14.0. The van der Waals surface area contributed by atoms with E-state index in [0.717, 1.165) is 0 Å². The molecule has 0 heterocycles. The van der Waals surface area contributed by atoms with Crippen LogP contribution < -0.4 is 43.4 Å². The molecule has 0 bridgehead atoms. The zero-order chi connectivity index (χ0) is 0. The van der Waals surface area contributed by atoms with Crippen LogP contribution in [0.15, 0.2) is 0 Å². The Balaban J connectivity index is 0. The molecule has 0 radical (unpaired) electrons. The smallest absolute Gasteiger partial charge is 0.369 e. The minimum atomic E-state index is 0. The molecule has 18 N–H and O–H groups in total.